The molecule has 0 aromatic heterocycles. The molecule has 0 saturated heterocycles. The molecule has 1 unspecified atom stereocenters. The molecule has 136 valence electrons. The SMILES string of the molecule is Cc1ccc(C)c(CS(=O)(=O)CC(=O)NC(C)CCCC(C)C)c1. The van der Waals surface area contributed by atoms with Gasteiger partial charge in [0.2, 0.25) is 5.91 Å². The zero-order chi connectivity index (χ0) is 18.3. The summed E-state index contributed by atoms with van der Waals surface area (Å²) >= 11 is 0. The number of hydrogen-bond acceptors (Lipinski definition) is 3. The average molecular weight is 354 g/mol. The van der Waals surface area contributed by atoms with E-state index < -0.39 is 21.5 Å². The van der Waals surface area contributed by atoms with Gasteiger partial charge in [0.05, 0.1) is 5.75 Å². The number of rotatable bonds is 9. The molecule has 4 nitrogen and oxygen atoms in total. The van der Waals surface area contributed by atoms with Crippen molar-refractivity contribution in [3.05, 3.63) is 34.9 Å². The van der Waals surface area contributed by atoms with Gasteiger partial charge in [-0.3, -0.25) is 4.79 Å². The summed E-state index contributed by atoms with van der Waals surface area (Å²) in [6, 6.07) is 5.75. The average Bonchev–Trinajstić information content (AvgIpc) is 2.41. The molecule has 0 aliphatic carbocycles. The minimum absolute atomic E-state index is 0.00663. The van der Waals surface area contributed by atoms with Crippen LogP contribution in [0.4, 0.5) is 0 Å². The van der Waals surface area contributed by atoms with Crippen molar-refractivity contribution in [2.45, 2.75) is 65.7 Å². The molecule has 0 radical (unpaired) electrons. The third-order valence-electron chi connectivity index (χ3n) is 4.06. The topological polar surface area (TPSA) is 63.2 Å². The van der Waals surface area contributed by atoms with Crippen LogP contribution in [-0.4, -0.2) is 26.1 Å². The lowest BCUT2D eigenvalue weighted by Gasteiger charge is -2.15. The fraction of sp³-hybridized carbons (Fsp3) is 0.632. The van der Waals surface area contributed by atoms with Crippen LogP contribution in [0.25, 0.3) is 0 Å². The number of carbonyl (C=O) groups excluding carboxylic acids is 1. The number of nitrogens with one attached hydrogen (secondary N) is 1. The Kier molecular flexibility index (Phi) is 7.94. The molecule has 1 rings (SSSR count). The van der Waals surface area contributed by atoms with Crippen molar-refractivity contribution in [3.8, 4) is 0 Å². The van der Waals surface area contributed by atoms with Crippen LogP contribution in [0, 0.1) is 19.8 Å². The van der Waals surface area contributed by atoms with Gasteiger partial charge in [-0.1, -0.05) is 50.5 Å². The fourth-order valence-electron chi connectivity index (χ4n) is 2.66. The first-order valence-corrected chi connectivity index (χ1v) is 10.5. The predicted molar refractivity (Wildman–Crippen MR) is 99.7 cm³/mol. The minimum atomic E-state index is -3.46. The molecule has 0 bridgehead atoms. The Balaban J connectivity index is 2.54. The van der Waals surface area contributed by atoms with E-state index in [-0.39, 0.29) is 11.8 Å². The van der Waals surface area contributed by atoms with Crippen molar-refractivity contribution in [1.29, 1.82) is 0 Å². The second kappa shape index (κ2) is 9.21. The molecule has 1 aromatic carbocycles. The minimum Gasteiger partial charge on any atom is -0.353 e. The molecule has 0 spiro atoms. The van der Waals surface area contributed by atoms with E-state index in [1.54, 1.807) is 0 Å². The van der Waals surface area contributed by atoms with Gasteiger partial charge in [0.1, 0.15) is 5.75 Å². The van der Waals surface area contributed by atoms with Crippen LogP contribution in [0.2, 0.25) is 0 Å². The molecule has 1 aromatic rings. The smallest absolute Gasteiger partial charge is 0.235 e. The second-order valence-corrected chi connectivity index (χ2v) is 9.32. The molecule has 1 amide bonds. The Morgan fingerprint density at radius 1 is 1.12 bits per heavy atom. The Hall–Kier alpha value is -1.36. The molecular formula is C19H31NO3S. The van der Waals surface area contributed by atoms with Crippen molar-refractivity contribution in [3.63, 3.8) is 0 Å². The first kappa shape index (κ1) is 20.7. The van der Waals surface area contributed by atoms with E-state index in [1.165, 1.54) is 0 Å². The van der Waals surface area contributed by atoms with Gasteiger partial charge in [-0.05, 0) is 44.2 Å². The molecule has 1 atom stereocenters. The van der Waals surface area contributed by atoms with Gasteiger partial charge < -0.3 is 5.32 Å². The zero-order valence-electron chi connectivity index (χ0n) is 15.6. The molecule has 0 saturated carbocycles. The summed E-state index contributed by atoms with van der Waals surface area (Å²) in [6.07, 6.45) is 3.03. The van der Waals surface area contributed by atoms with E-state index >= 15 is 0 Å². The third kappa shape index (κ3) is 7.95. The maximum absolute atomic E-state index is 12.3. The monoisotopic (exact) mass is 353 g/mol. The summed E-state index contributed by atoms with van der Waals surface area (Å²) in [5.74, 6) is -0.298. The highest BCUT2D eigenvalue weighted by atomic mass is 32.2. The van der Waals surface area contributed by atoms with E-state index in [2.05, 4.69) is 19.2 Å². The van der Waals surface area contributed by atoms with Crippen molar-refractivity contribution >= 4 is 15.7 Å². The molecule has 0 fully saturated rings. The van der Waals surface area contributed by atoms with Crippen molar-refractivity contribution in [2.75, 3.05) is 5.75 Å². The summed E-state index contributed by atoms with van der Waals surface area (Å²) in [4.78, 5) is 12.0. The standard InChI is InChI=1S/C19H31NO3S/c1-14(2)7-6-8-17(5)20-19(21)13-24(22,23)12-18-11-15(3)9-10-16(18)4/h9-11,14,17H,6-8,12-13H2,1-5H3,(H,20,21). The van der Waals surface area contributed by atoms with Crippen LogP contribution < -0.4 is 5.32 Å². The van der Waals surface area contributed by atoms with Gasteiger partial charge in [-0.2, -0.15) is 0 Å². The maximum Gasteiger partial charge on any atom is 0.235 e. The Labute approximate surface area is 147 Å². The highest BCUT2D eigenvalue weighted by molar-refractivity contribution is 7.91. The van der Waals surface area contributed by atoms with Gasteiger partial charge in [0, 0.05) is 6.04 Å². The summed E-state index contributed by atoms with van der Waals surface area (Å²) in [6.45, 7) is 10.1. The molecular weight excluding hydrogens is 322 g/mol. The number of sulfone groups is 1. The Morgan fingerprint density at radius 2 is 1.79 bits per heavy atom. The molecule has 24 heavy (non-hydrogen) atoms. The van der Waals surface area contributed by atoms with E-state index in [0.717, 1.165) is 36.0 Å². The summed E-state index contributed by atoms with van der Waals surface area (Å²) < 4.78 is 24.6. The van der Waals surface area contributed by atoms with E-state index in [9.17, 15) is 13.2 Å². The first-order valence-electron chi connectivity index (χ1n) is 8.65. The van der Waals surface area contributed by atoms with Gasteiger partial charge in [0.25, 0.3) is 0 Å². The second-order valence-electron chi connectivity index (χ2n) is 7.26. The van der Waals surface area contributed by atoms with Crippen molar-refractivity contribution in [2.24, 2.45) is 5.92 Å². The third-order valence-corrected chi connectivity index (χ3v) is 5.51. The maximum atomic E-state index is 12.3. The van der Waals surface area contributed by atoms with Crippen molar-refractivity contribution in [1.82, 2.24) is 5.32 Å². The lowest BCUT2D eigenvalue weighted by atomic mass is 10.0. The summed E-state index contributed by atoms with van der Waals surface area (Å²) in [5, 5.41) is 2.80. The predicted octanol–water partition coefficient (Wildman–Crippen LogP) is 3.55. The molecule has 0 heterocycles. The Morgan fingerprint density at radius 3 is 2.42 bits per heavy atom. The van der Waals surface area contributed by atoms with Gasteiger partial charge >= 0.3 is 0 Å². The molecule has 1 N–H and O–H groups in total. The van der Waals surface area contributed by atoms with Gasteiger partial charge in [-0.25, -0.2) is 8.42 Å². The summed E-state index contributed by atoms with van der Waals surface area (Å²) in [7, 11) is -3.46. The van der Waals surface area contributed by atoms with Crippen LogP contribution in [-0.2, 0) is 20.4 Å². The van der Waals surface area contributed by atoms with Crippen molar-refractivity contribution < 1.29 is 13.2 Å². The van der Waals surface area contributed by atoms with Crippen LogP contribution >= 0.6 is 0 Å². The quantitative estimate of drug-likeness (QED) is 0.738. The number of amides is 1. The molecule has 0 aliphatic rings. The van der Waals surface area contributed by atoms with Crippen LogP contribution in [0.3, 0.4) is 0 Å². The van der Waals surface area contributed by atoms with E-state index in [4.69, 9.17) is 0 Å². The van der Waals surface area contributed by atoms with Gasteiger partial charge in [0.15, 0.2) is 9.84 Å². The lowest BCUT2D eigenvalue weighted by molar-refractivity contribution is -0.119. The number of aryl methyl sites for hydroxylation is 2. The number of benzene rings is 1. The lowest BCUT2D eigenvalue weighted by Crippen LogP contribution is -2.37. The molecule has 0 aliphatic heterocycles. The highest BCUT2D eigenvalue weighted by Gasteiger charge is 2.19. The summed E-state index contributed by atoms with van der Waals surface area (Å²) in [5.41, 5.74) is 2.73. The first-order chi connectivity index (χ1) is 11.1. The van der Waals surface area contributed by atoms with E-state index in [1.807, 2.05) is 39.0 Å². The fourth-order valence-corrected chi connectivity index (χ4v) is 4.03. The molecule has 5 heteroatoms. The normalized spacial score (nSPS) is 13.1. The van der Waals surface area contributed by atoms with E-state index in [0.29, 0.717) is 5.92 Å². The Bertz CT molecular complexity index is 651. The van der Waals surface area contributed by atoms with Crippen LogP contribution in [0.1, 0.15) is 56.7 Å². The van der Waals surface area contributed by atoms with Crippen LogP contribution in [0.5, 0.6) is 0 Å². The number of hydrogen-bond donors (Lipinski definition) is 1. The number of carbonyl (C=O) groups is 1. The van der Waals surface area contributed by atoms with Crippen LogP contribution in [0.15, 0.2) is 18.2 Å². The van der Waals surface area contributed by atoms with Gasteiger partial charge in [-0.15, -0.1) is 0 Å². The largest absolute Gasteiger partial charge is 0.353 e. The highest BCUT2D eigenvalue weighted by Crippen LogP contribution is 2.14. The zero-order valence-corrected chi connectivity index (χ0v) is 16.4.